The number of rotatable bonds is 3. The minimum Gasteiger partial charge on any atom is -0.345 e. The number of hydrogen-bond donors (Lipinski definition) is 0. The molecule has 1 aliphatic heterocycles. The van der Waals surface area contributed by atoms with Gasteiger partial charge >= 0.3 is 0 Å². The molecule has 0 spiro atoms. The average Bonchev–Trinajstić information content (AvgIpc) is 3.23. The number of amides is 1. The van der Waals surface area contributed by atoms with Crippen molar-refractivity contribution in [1.29, 1.82) is 0 Å². The molecule has 9 heteroatoms. The van der Waals surface area contributed by atoms with Crippen LogP contribution in [-0.4, -0.2) is 48.2 Å². The molecule has 4 rings (SSSR count). The molecule has 1 fully saturated rings. The van der Waals surface area contributed by atoms with E-state index >= 15 is 0 Å². The van der Waals surface area contributed by atoms with Crippen LogP contribution in [0.2, 0.25) is 8.67 Å². The summed E-state index contributed by atoms with van der Waals surface area (Å²) in [5, 5.41) is 1.02. The van der Waals surface area contributed by atoms with Gasteiger partial charge in [0.05, 0.1) is 20.1 Å². The first-order chi connectivity index (χ1) is 12.6. The fourth-order valence-corrected chi connectivity index (χ4v) is 6.09. The number of anilines is 1. The van der Waals surface area contributed by atoms with Crippen LogP contribution in [0.15, 0.2) is 29.2 Å². The first-order valence-corrected chi connectivity index (χ1v) is 11.6. The number of piperazine rings is 1. The van der Waals surface area contributed by atoms with Crippen LogP contribution in [0.3, 0.4) is 0 Å². The fraction of sp³-hybridized carbons (Fsp3) is 0.294. The van der Waals surface area contributed by atoms with Gasteiger partial charge in [0.1, 0.15) is 4.34 Å². The Morgan fingerprint density at radius 3 is 2.62 bits per heavy atom. The number of carbonyl (C=O) groups excluding carboxylic acids is 1. The first kappa shape index (κ1) is 18.4. The highest BCUT2D eigenvalue weighted by molar-refractivity contribution is 7.98. The van der Waals surface area contributed by atoms with Crippen molar-refractivity contribution in [2.24, 2.45) is 0 Å². The van der Waals surface area contributed by atoms with Gasteiger partial charge in [-0.15, -0.1) is 23.1 Å². The van der Waals surface area contributed by atoms with E-state index in [9.17, 15) is 4.79 Å². The molecule has 3 aromatic rings. The third kappa shape index (κ3) is 3.43. The van der Waals surface area contributed by atoms with E-state index in [1.54, 1.807) is 29.2 Å². The molecule has 3 heterocycles. The number of aromatic nitrogens is 1. The van der Waals surface area contributed by atoms with Crippen molar-refractivity contribution in [1.82, 2.24) is 9.88 Å². The molecule has 2 aromatic heterocycles. The molecule has 1 aliphatic rings. The fourth-order valence-electron chi connectivity index (χ4n) is 2.97. The number of hydrogen-bond acceptors (Lipinski definition) is 6. The van der Waals surface area contributed by atoms with E-state index in [0.29, 0.717) is 27.3 Å². The lowest BCUT2D eigenvalue weighted by molar-refractivity contribution is 0.0747. The molecule has 4 nitrogen and oxygen atoms in total. The largest absolute Gasteiger partial charge is 0.345 e. The summed E-state index contributed by atoms with van der Waals surface area (Å²) in [5.74, 6) is -0.0493. The molecule has 0 N–H and O–H groups in total. The smallest absolute Gasteiger partial charge is 0.256 e. The third-order valence-corrected chi connectivity index (χ3v) is 7.65. The quantitative estimate of drug-likeness (QED) is 0.511. The van der Waals surface area contributed by atoms with Crippen molar-refractivity contribution in [2.75, 3.05) is 37.3 Å². The van der Waals surface area contributed by atoms with E-state index in [4.69, 9.17) is 28.2 Å². The predicted molar refractivity (Wildman–Crippen MR) is 114 cm³/mol. The second-order valence-corrected chi connectivity index (χ2v) is 9.96. The van der Waals surface area contributed by atoms with Gasteiger partial charge in [0, 0.05) is 31.1 Å². The van der Waals surface area contributed by atoms with Gasteiger partial charge in [0.15, 0.2) is 5.13 Å². The van der Waals surface area contributed by atoms with Gasteiger partial charge in [0.2, 0.25) is 0 Å². The van der Waals surface area contributed by atoms with E-state index < -0.39 is 0 Å². The molecule has 1 saturated heterocycles. The molecule has 26 heavy (non-hydrogen) atoms. The summed E-state index contributed by atoms with van der Waals surface area (Å²) in [6.45, 7) is 2.81. The van der Waals surface area contributed by atoms with Gasteiger partial charge in [-0.25, -0.2) is 4.98 Å². The molecule has 0 aliphatic carbocycles. The molecule has 136 valence electrons. The standard InChI is InChI=1S/C17H15Cl2N3OS3/c1-24-11-3-2-4-12-14(11)20-17(25-12)22-7-5-21(6-8-22)16(23)10-9-13(18)26-15(10)19/h2-4,9H,5-8H2,1H3. The number of benzene rings is 1. The van der Waals surface area contributed by atoms with Gasteiger partial charge in [-0.05, 0) is 24.5 Å². The van der Waals surface area contributed by atoms with Crippen molar-refractivity contribution < 1.29 is 4.79 Å². The summed E-state index contributed by atoms with van der Waals surface area (Å²) in [7, 11) is 0. The minimum atomic E-state index is -0.0493. The number of nitrogens with zero attached hydrogens (tertiary/aromatic N) is 3. The summed E-state index contributed by atoms with van der Waals surface area (Å²) in [5.41, 5.74) is 1.57. The van der Waals surface area contributed by atoms with Crippen molar-refractivity contribution >= 4 is 78.9 Å². The zero-order valence-corrected chi connectivity index (χ0v) is 17.8. The Hall–Kier alpha value is -0.990. The lowest BCUT2D eigenvalue weighted by Crippen LogP contribution is -2.48. The molecular weight excluding hydrogens is 429 g/mol. The normalized spacial score (nSPS) is 15.0. The Morgan fingerprint density at radius 1 is 1.19 bits per heavy atom. The highest BCUT2D eigenvalue weighted by atomic mass is 35.5. The summed E-state index contributed by atoms with van der Waals surface area (Å²) >= 11 is 16.7. The Kier molecular flexibility index (Phi) is 5.34. The number of thioether (sulfide) groups is 1. The van der Waals surface area contributed by atoms with Crippen LogP contribution in [0.5, 0.6) is 0 Å². The van der Waals surface area contributed by atoms with E-state index in [-0.39, 0.29) is 5.91 Å². The molecular formula is C17H15Cl2N3OS3. The van der Waals surface area contributed by atoms with Gasteiger partial charge in [-0.1, -0.05) is 40.6 Å². The number of fused-ring (bicyclic) bond motifs is 1. The van der Waals surface area contributed by atoms with Gasteiger partial charge in [-0.2, -0.15) is 0 Å². The van der Waals surface area contributed by atoms with Crippen LogP contribution in [0.4, 0.5) is 5.13 Å². The van der Waals surface area contributed by atoms with Gasteiger partial charge in [0.25, 0.3) is 5.91 Å². The zero-order valence-electron chi connectivity index (χ0n) is 13.9. The van der Waals surface area contributed by atoms with E-state index in [0.717, 1.165) is 23.7 Å². The van der Waals surface area contributed by atoms with E-state index in [1.807, 2.05) is 4.90 Å². The summed E-state index contributed by atoms with van der Waals surface area (Å²) < 4.78 is 2.19. The lowest BCUT2D eigenvalue weighted by atomic mass is 10.2. The van der Waals surface area contributed by atoms with Gasteiger partial charge in [-0.3, -0.25) is 4.79 Å². The number of thiazole rings is 1. The molecule has 1 aromatic carbocycles. The van der Waals surface area contributed by atoms with Crippen molar-refractivity contribution in [3.8, 4) is 0 Å². The Balaban J connectivity index is 1.48. The van der Waals surface area contributed by atoms with Crippen molar-refractivity contribution in [3.05, 3.63) is 38.5 Å². The van der Waals surface area contributed by atoms with Crippen LogP contribution in [0, 0.1) is 0 Å². The van der Waals surface area contributed by atoms with Crippen LogP contribution < -0.4 is 4.90 Å². The molecule has 1 amide bonds. The van der Waals surface area contributed by atoms with Crippen LogP contribution in [0.25, 0.3) is 10.2 Å². The van der Waals surface area contributed by atoms with Crippen molar-refractivity contribution in [2.45, 2.75) is 4.90 Å². The molecule has 0 bridgehead atoms. The minimum absolute atomic E-state index is 0.0493. The topological polar surface area (TPSA) is 36.4 Å². The number of carbonyl (C=O) groups is 1. The Labute approximate surface area is 173 Å². The zero-order chi connectivity index (χ0) is 18.3. The number of thiophene rings is 1. The Morgan fingerprint density at radius 2 is 1.96 bits per heavy atom. The maximum absolute atomic E-state index is 12.7. The second kappa shape index (κ2) is 7.56. The first-order valence-electron chi connectivity index (χ1n) is 7.99. The monoisotopic (exact) mass is 443 g/mol. The predicted octanol–water partition coefficient (Wildman–Crippen LogP) is 5.35. The highest BCUT2D eigenvalue weighted by Crippen LogP contribution is 2.35. The summed E-state index contributed by atoms with van der Waals surface area (Å²) in [4.78, 5) is 22.8. The average molecular weight is 444 g/mol. The molecule has 0 saturated carbocycles. The summed E-state index contributed by atoms with van der Waals surface area (Å²) in [6.07, 6.45) is 2.07. The number of para-hydroxylation sites is 1. The SMILES string of the molecule is CSc1cccc2sc(N3CCN(C(=O)c4cc(Cl)sc4Cl)CC3)nc12. The van der Waals surface area contributed by atoms with Crippen LogP contribution in [-0.2, 0) is 0 Å². The van der Waals surface area contributed by atoms with Crippen LogP contribution >= 0.6 is 57.6 Å². The lowest BCUT2D eigenvalue weighted by Gasteiger charge is -2.34. The molecule has 0 atom stereocenters. The van der Waals surface area contributed by atoms with Crippen molar-refractivity contribution in [3.63, 3.8) is 0 Å². The number of halogens is 2. The van der Waals surface area contributed by atoms with E-state index in [1.165, 1.54) is 20.9 Å². The maximum Gasteiger partial charge on any atom is 0.256 e. The summed E-state index contributed by atoms with van der Waals surface area (Å²) in [6, 6.07) is 7.93. The molecule has 0 unspecified atom stereocenters. The van der Waals surface area contributed by atoms with E-state index in [2.05, 4.69) is 29.4 Å². The second-order valence-electron chi connectivity index (χ2n) is 5.82. The highest BCUT2D eigenvalue weighted by Gasteiger charge is 2.26. The Bertz CT molecular complexity index is 963. The molecule has 0 radical (unpaired) electrons. The maximum atomic E-state index is 12.7. The van der Waals surface area contributed by atoms with Gasteiger partial charge < -0.3 is 9.80 Å². The third-order valence-electron chi connectivity index (χ3n) is 4.32. The van der Waals surface area contributed by atoms with Crippen LogP contribution in [0.1, 0.15) is 10.4 Å².